The van der Waals surface area contributed by atoms with Crippen molar-refractivity contribution in [2.45, 2.75) is 52.6 Å². The van der Waals surface area contributed by atoms with E-state index < -0.39 is 0 Å². The van der Waals surface area contributed by atoms with Crippen LogP contribution in [0.15, 0.2) is 66.7 Å². The van der Waals surface area contributed by atoms with Crippen molar-refractivity contribution >= 4 is 37.0 Å². The summed E-state index contributed by atoms with van der Waals surface area (Å²) in [5, 5.41) is 0. The summed E-state index contributed by atoms with van der Waals surface area (Å²) in [5.74, 6) is 0. The summed E-state index contributed by atoms with van der Waals surface area (Å²) < 4.78 is 0. The van der Waals surface area contributed by atoms with Gasteiger partial charge in [0.05, 0.1) is 11.4 Å². The molecule has 2 aromatic carbocycles. The number of anilines is 4. The van der Waals surface area contributed by atoms with Crippen molar-refractivity contribution in [1.29, 1.82) is 0 Å². The number of benzene rings is 2. The van der Waals surface area contributed by atoms with Gasteiger partial charge in [-0.2, -0.15) is 13.3 Å². The molecule has 0 unspecified atom stereocenters. The van der Waals surface area contributed by atoms with E-state index in [2.05, 4.69) is 141 Å². The Morgan fingerprint density at radius 1 is 0.611 bits per heavy atom. The van der Waals surface area contributed by atoms with Gasteiger partial charge in [0.15, 0.2) is 0 Å². The molecule has 5 nitrogen and oxygen atoms in total. The van der Waals surface area contributed by atoms with Crippen molar-refractivity contribution in [2.75, 3.05) is 32.7 Å². The van der Waals surface area contributed by atoms with E-state index in [-0.39, 0.29) is 0 Å². The topological polar surface area (TPSA) is 25.9 Å². The van der Waals surface area contributed by atoms with E-state index in [9.17, 15) is 0 Å². The van der Waals surface area contributed by atoms with Crippen molar-refractivity contribution in [2.24, 2.45) is 0 Å². The molecule has 0 bridgehead atoms. The van der Waals surface area contributed by atoms with Crippen LogP contribution >= 0.6 is 14.2 Å². The van der Waals surface area contributed by atoms with E-state index in [1.165, 1.54) is 48.4 Å². The molecule has 5 rings (SSSR count). The number of pyridine rings is 1. The Morgan fingerprint density at radius 2 is 1.00 bits per heavy atom. The predicted octanol–water partition coefficient (Wildman–Crippen LogP) is 7.42. The van der Waals surface area contributed by atoms with Gasteiger partial charge in [-0.05, 0) is 62.3 Å². The molecule has 0 spiro atoms. The first kappa shape index (κ1) is 26.8. The molecule has 0 aliphatic carbocycles. The molecule has 36 heavy (non-hydrogen) atoms. The zero-order valence-electron chi connectivity index (χ0n) is 21.1. The summed E-state index contributed by atoms with van der Waals surface area (Å²) in [6.45, 7) is 12.7. The second kappa shape index (κ2) is 13.3. The van der Waals surface area contributed by atoms with Crippen molar-refractivity contribution < 1.29 is 13.7 Å². The number of hydrogen-bond acceptors (Lipinski definition) is 5. The number of aromatic nitrogens is 1. The van der Waals surface area contributed by atoms with E-state index in [4.69, 9.17) is 4.98 Å². The number of halogens is 1. The van der Waals surface area contributed by atoms with Crippen molar-refractivity contribution in [3.8, 4) is 0 Å². The molecule has 1 aromatic heterocycles. The zero-order valence-corrected chi connectivity index (χ0v) is 23.7. The quantitative estimate of drug-likeness (QED) is 0.181. The molecule has 0 saturated carbocycles. The van der Waals surface area contributed by atoms with Crippen LogP contribution in [0.3, 0.4) is 0 Å². The summed E-state index contributed by atoms with van der Waals surface area (Å²) in [6.07, 6.45) is 4.77. The third kappa shape index (κ3) is 6.18. The second-order valence-electron chi connectivity index (χ2n) is 9.18. The van der Waals surface area contributed by atoms with Gasteiger partial charge in [0, 0.05) is 35.8 Å². The molecule has 3 heterocycles. The molecule has 3 aromatic rings. The second-order valence-corrected chi connectivity index (χ2v) is 9.18. The van der Waals surface area contributed by atoms with Gasteiger partial charge in [-0.15, -0.1) is 0 Å². The van der Waals surface area contributed by atoms with Crippen molar-refractivity contribution in [1.82, 2.24) is 4.98 Å². The van der Waals surface area contributed by atoms with Crippen molar-refractivity contribution in [3.63, 3.8) is 0 Å². The van der Waals surface area contributed by atoms with Gasteiger partial charge in [0.2, 0.25) is 0 Å². The van der Waals surface area contributed by atoms with Gasteiger partial charge in [-0.1, -0.05) is 57.0 Å². The van der Waals surface area contributed by atoms with Gasteiger partial charge < -0.3 is 19.6 Å². The molecule has 2 aliphatic rings. The minimum absolute atomic E-state index is 0.774. The molecule has 0 atom stereocenters. The van der Waals surface area contributed by atoms with Gasteiger partial charge >= 0.3 is 27.9 Å². The van der Waals surface area contributed by atoms with E-state index >= 15 is 0 Å². The Kier molecular flexibility index (Phi) is 9.94. The molecule has 0 amide bonds. The molecular formula is C29H35BrN5Ni-2. The van der Waals surface area contributed by atoms with E-state index in [1.807, 2.05) is 0 Å². The summed E-state index contributed by atoms with van der Waals surface area (Å²) >= 11 is 6.25. The average molecular weight is 592 g/mol. The number of fused-ring (bicyclic) bond motifs is 2. The van der Waals surface area contributed by atoms with E-state index in [0.717, 1.165) is 37.6 Å². The molecule has 0 saturated heterocycles. The summed E-state index contributed by atoms with van der Waals surface area (Å²) in [6, 6.07) is 23.8. The van der Waals surface area contributed by atoms with Crippen molar-refractivity contribution in [3.05, 3.63) is 91.5 Å². The Labute approximate surface area is 231 Å². The van der Waals surface area contributed by atoms with Crippen LogP contribution in [0.2, 0.25) is 0 Å². The van der Waals surface area contributed by atoms with Gasteiger partial charge in [-0.25, -0.2) is 0 Å². The molecule has 0 radical (unpaired) electrons. The van der Waals surface area contributed by atoms with Crippen LogP contribution in [0.5, 0.6) is 0 Å². The maximum atomic E-state index is 5.06. The standard InChI is InChI=1S/C29H35N5.BrH.Ni/c1-3-5-18-31-22-33(28-16-9-7-14-26(28)31)20-24-12-11-13-25(30-24)21-34-23-32(19-6-4-2)27-15-8-10-17-29(27)34;;/h7-17,22-23H,3-6,18-21H2,1-2H3;1H;/q-2;;+1/p-1. The SMILES string of the molecule is CCCCN1[CH-]N(Cc2cccc(CN3[CH-]N(CCCC)c4ccccc43)n2)c2ccccc21.[Ni][Br]. The van der Waals surface area contributed by atoms with Crippen LogP contribution in [0.1, 0.15) is 50.9 Å². The Bertz CT molecular complexity index is 1030. The fourth-order valence-electron chi connectivity index (χ4n) is 4.80. The molecule has 0 N–H and O–H groups in total. The Morgan fingerprint density at radius 3 is 1.39 bits per heavy atom. The third-order valence-electron chi connectivity index (χ3n) is 6.59. The van der Waals surface area contributed by atoms with Crippen LogP contribution in [-0.2, 0) is 26.8 Å². The number of hydrogen-bond donors (Lipinski definition) is 0. The molecule has 195 valence electrons. The van der Waals surface area contributed by atoms with Gasteiger partial charge in [0.1, 0.15) is 0 Å². The fraction of sp³-hybridized carbons (Fsp3) is 0.345. The number of rotatable bonds is 10. The monoisotopic (exact) mass is 590 g/mol. The number of para-hydroxylation sites is 4. The molecule has 7 heteroatoms. The predicted molar refractivity (Wildman–Crippen MR) is 152 cm³/mol. The summed E-state index contributed by atoms with van der Waals surface area (Å²) in [5.41, 5.74) is 7.30. The fourth-order valence-corrected chi connectivity index (χ4v) is 4.80. The first-order chi connectivity index (χ1) is 17.8. The van der Waals surface area contributed by atoms with Crippen LogP contribution in [-0.4, -0.2) is 18.1 Å². The van der Waals surface area contributed by atoms with Gasteiger partial charge in [-0.3, -0.25) is 4.98 Å². The van der Waals surface area contributed by atoms with Crippen LogP contribution in [0.4, 0.5) is 22.7 Å². The summed E-state index contributed by atoms with van der Waals surface area (Å²) in [7, 11) is 0. The average Bonchev–Trinajstić information content (AvgIpc) is 3.45. The molecule has 0 fully saturated rings. The van der Waals surface area contributed by atoms with Crippen LogP contribution in [0.25, 0.3) is 0 Å². The van der Waals surface area contributed by atoms with E-state index in [0.29, 0.717) is 0 Å². The zero-order chi connectivity index (χ0) is 25.3. The maximum absolute atomic E-state index is 5.06. The molecule has 2 aliphatic heterocycles. The third-order valence-corrected chi connectivity index (χ3v) is 6.59. The first-order valence-electron chi connectivity index (χ1n) is 12.8. The van der Waals surface area contributed by atoms with E-state index in [1.54, 1.807) is 0 Å². The minimum atomic E-state index is 0.774. The number of unbranched alkanes of at least 4 members (excludes halogenated alkanes) is 2. The van der Waals surface area contributed by atoms with Crippen LogP contribution < -0.4 is 19.6 Å². The first-order valence-corrected chi connectivity index (χ1v) is 15.2. The molecular weight excluding hydrogens is 557 g/mol. The normalized spacial score (nSPS) is 14.0. The van der Waals surface area contributed by atoms with Gasteiger partial charge in [0.25, 0.3) is 0 Å². The Balaban J connectivity index is 0.00000148. The summed E-state index contributed by atoms with van der Waals surface area (Å²) in [4.78, 5) is 14.5. The van der Waals surface area contributed by atoms with Crippen LogP contribution in [0, 0.1) is 13.3 Å². The Hall–Kier alpha value is -2.24. The number of nitrogens with zero attached hydrogens (tertiary/aromatic N) is 5.